The van der Waals surface area contributed by atoms with Gasteiger partial charge in [-0.15, -0.1) is 0 Å². The van der Waals surface area contributed by atoms with Crippen LogP contribution in [0.5, 0.6) is 0 Å². The third-order valence-corrected chi connectivity index (χ3v) is 5.52. The van der Waals surface area contributed by atoms with Crippen LogP contribution in [0.3, 0.4) is 0 Å². The van der Waals surface area contributed by atoms with Gasteiger partial charge in [-0.1, -0.05) is 33.6 Å². The van der Waals surface area contributed by atoms with Gasteiger partial charge in [0, 0.05) is 15.2 Å². The maximum Gasteiger partial charge on any atom is 0.261 e. The summed E-state index contributed by atoms with van der Waals surface area (Å²) in [6.07, 6.45) is 0. The molecule has 2 rings (SSSR count). The SMILES string of the molecule is Cc1cc(S(=O)(=O)Nc2ccc(C)c(Br)c2)ccc1Cl. The number of rotatable bonds is 3. The standard InChI is InChI=1S/C14H13BrClNO2S/c1-9-3-4-11(8-13(9)15)17-20(18,19)12-5-6-14(16)10(2)7-12/h3-8,17H,1-2H3. The molecule has 0 heterocycles. The van der Waals surface area contributed by atoms with Gasteiger partial charge in [-0.2, -0.15) is 0 Å². The Morgan fingerprint density at radius 3 is 2.35 bits per heavy atom. The molecule has 0 bridgehead atoms. The number of benzene rings is 2. The van der Waals surface area contributed by atoms with Crippen LogP contribution in [-0.4, -0.2) is 8.42 Å². The molecule has 0 saturated heterocycles. The highest BCUT2D eigenvalue weighted by atomic mass is 79.9. The summed E-state index contributed by atoms with van der Waals surface area (Å²) in [6, 6.07) is 9.91. The Kier molecular flexibility index (Phi) is 4.42. The summed E-state index contributed by atoms with van der Waals surface area (Å²) < 4.78 is 28.0. The summed E-state index contributed by atoms with van der Waals surface area (Å²) in [5, 5.41) is 0.544. The van der Waals surface area contributed by atoms with Crippen molar-refractivity contribution in [1.29, 1.82) is 0 Å². The zero-order valence-electron chi connectivity index (χ0n) is 10.9. The molecule has 0 aliphatic rings. The van der Waals surface area contributed by atoms with Crippen molar-refractivity contribution in [3.05, 3.63) is 57.0 Å². The number of hydrogen-bond acceptors (Lipinski definition) is 2. The normalized spacial score (nSPS) is 11.4. The van der Waals surface area contributed by atoms with Gasteiger partial charge in [0.15, 0.2) is 0 Å². The van der Waals surface area contributed by atoms with E-state index in [1.54, 1.807) is 31.2 Å². The van der Waals surface area contributed by atoms with Gasteiger partial charge in [0.05, 0.1) is 4.90 Å². The van der Waals surface area contributed by atoms with Crippen LogP contribution in [0.1, 0.15) is 11.1 Å². The lowest BCUT2D eigenvalue weighted by Gasteiger charge is -2.10. The fraction of sp³-hybridized carbons (Fsp3) is 0.143. The van der Waals surface area contributed by atoms with Crippen molar-refractivity contribution >= 4 is 43.2 Å². The maximum atomic E-state index is 12.3. The molecule has 0 spiro atoms. The molecular formula is C14H13BrClNO2S. The van der Waals surface area contributed by atoms with E-state index < -0.39 is 10.0 Å². The third kappa shape index (κ3) is 3.34. The van der Waals surface area contributed by atoms with Gasteiger partial charge in [0.1, 0.15) is 0 Å². The predicted octanol–water partition coefficient (Wildman–Crippen LogP) is 4.52. The number of hydrogen-bond donors (Lipinski definition) is 1. The van der Waals surface area contributed by atoms with E-state index in [0.717, 1.165) is 15.6 Å². The highest BCUT2D eigenvalue weighted by Crippen LogP contribution is 2.24. The Morgan fingerprint density at radius 1 is 1.05 bits per heavy atom. The molecule has 0 atom stereocenters. The minimum absolute atomic E-state index is 0.191. The van der Waals surface area contributed by atoms with Gasteiger partial charge in [0.2, 0.25) is 0 Å². The van der Waals surface area contributed by atoms with Gasteiger partial charge in [-0.3, -0.25) is 4.72 Å². The number of sulfonamides is 1. The first-order valence-electron chi connectivity index (χ1n) is 5.85. The average Bonchev–Trinajstić information content (AvgIpc) is 2.37. The lowest BCUT2D eigenvalue weighted by molar-refractivity contribution is 0.601. The Balaban J connectivity index is 2.35. The first-order chi connectivity index (χ1) is 9.29. The fourth-order valence-electron chi connectivity index (χ4n) is 1.65. The molecule has 0 aliphatic carbocycles. The zero-order valence-corrected chi connectivity index (χ0v) is 14.1. The topological polar surface area (TPSA) is 46.2 Å². The van der Waals surface area contributed by atoms with Crippen LogP contribution in [-0.2, 0) is 10.0 Å². The molecule has 0 saturated carbocycles. The Hall–Kier alpha value is -1.04. The first-order valence-corrected chi connectivity index (χ1v) is 8.50. The second-order valence-electron chi connectivity index (χ2n) is 4.48. The van der Waals surface area contributed by atoms with E-state index in [4.69, 9.17) is 11.6 Å². The van der Waals surface area contributed by atoms with Crippen LogP contribution in [0, 0.1) is 13.8 Å². The number of anilines is 1. The van der Waals surface area contributed by atoms with Crippen LogP contribution in [0.25, 0.3) is 0 Å². The summed E-state index contributed by atoms with van der Waals surface area (Å²) in [5.74, 6) is 0. The van der Waals surface area contributed by atoms with E-state index in [0.29, 0.717) is 10.7 Å². The molecule has 2 aromatic carbocycles. The molecule has 0 unspecified atom stereocenters. The lowest BCUT2D eigenvalue weighted by Crippen LogP contribution is -2.13. The zero-order chi connectivity index (χ0) is 14.9. The highest BCUT2D eigenvalue weighted by molar-refractivity contribution is 9.10. The summed E-state index contributed by atoms with van der Waals surface area (Å²) in [7, 11) is -3.61. The number of nitrogens with one attached hydrogen (secondary N) is 1. The smallest absolute Gasteiger partial charge is 0.261 e. The van der Waals surface area contributed by atoms with E-state index >= 15 is 0 Å². The molecule has 0 aliphatic heterocycles. The van der Waals surface area contributed by atoms with Crippen LogP contribution in [0.2, 0.25) is 5.02 Å². The second-order valence-corrected chi connectivity index (χ2v) is 7.42. The van der Waals surface area contributed by atoms with Gasteiger partial charge in [0.25, 0.3) is 10.0 Å². The monoisotopic (exact) mass is 373 g/mol. The van der Waals surface area contributed by atoms with Crippen LogP contribution < -0.4 is 4.72 Å². The van der Waals surface area contributed by atoms with Crippen LogP contribution in [0.4, 0.5) is 5.69 Å². The minimum atomic E-state index is -3.61. The van der Waals surface area contributed by atoms with E-state index in [1.165, 1.54) is 6.07 Å². The molecule has 6 heteroatoms. The van der Waals surface area contributed by atoms with Gasteiger partial charge < -0.3 is 0 Å². The maximum absolute atomic E-state index is 12.3. The van der Waals surface area contributed by atoms with Crippen molar-refractivity contribution in [1.82, 2.24) is 0 Å². The van der Waals surface area contributed by atoms with E-state index in [-0.39, 0.29) is 4.90 Å². The number of halogens is 2. The van der Waals surface area contributed by atoms with E-state index in [9.17, 15) is 8.42 Å². The molecule has 1 N–H and O–H groups in total. The van der Waals surface area contributed by atoms with Gasteiger partial charge in [-0.05, 0) is 55.3 Å². The highest BCUT2D eigenvalue weighted by Gasteiger charge is 2.15. The summed E-state index contributed by atoms with van der Waals surface area (Å²) in [4.78, 5) is 0.191. The average molecular weight is 375 g/mol. The van der Waals surface area contributed by atoms with Gasteiger partial charge in [-0.25, -0.2) is 8.42 Å². The lowest BCUT2D eigenvalue weighted by atomic mass is 10.2. The first kappa shape index (κ1) is 15.4. The molecule has 0 fully saturated rings. The molecule has 2 aromatic rings. The van der Waals surface area contributed by atoms with E-state index in [1.807, 2.05) is 13.0 Å². The van der Waals surface area contributed by atoms with Crippen LogP contribution in [0.15, 0.2) is 45.8 Å². The van der Waals surface area contributed by atoms with Crippen molar-refractivity contribution < 1.29 is 8.42 Å². The van der Waals surface area contributed by atoms with Crippen molar-refractivity contribution in [3.63, 3.8) is 0 Å². The van der Waals surface area contributed by atoms with Crippen molar-refractivity contribution in [2.45, 2.75) is 18.7 Å². The van der Waals surface area contributed by atoms with Crippen molar-refractivity contribution in [2.75, 3.05) is 4.72 Å². The minimum Gasteiger partial charge on any atom is -0.280 e. The Bertz CT molecular complexity index is 760. The summed E-state index contributed by atoms with van der Waals surface area (Å²) in [6.45, 7) is 3.70. The molecule has 20 heavy (non-hydrogen) atoms. The predicted molar refractivity (Wildman–Crippen MR) is 85.9 cm³/mol. The van der Waals surface area contributed by atoms with Crippen molar-refractivity contribution in [2.24, 2.45) is 0 Å². The Labute approximate surface area is 132 Å². The van der Waals surface area contributed by atoms with Crippen LogP contribution >= 0.6 is 27.5 Å². The molecular weight excluding hydrogens is 362 g/mol. The molecule has 0 amide bonds. The van der Waals surface area contributed by atoms with Gasteiger partial charge >= 0.3 is 0 Å². The third-order valence-electron chi connectivity index (χ3n) is 2.86. The summed E-state index contributed by atoms with van der Waals surface area (Å²) in [5.41, 5.74) is 2.27. The van der Waals surface area contributed by atoms with E-state index in [2.05, 4.69) is 20.7 Å². The number of aryl methyl sites for hydroxylation is 2. The quantitative estimate of drug-likeness (QED) is 0.858. The van der Waals surface area contributed by atoms with Crippen molar-refractivity contribution in [3.8, 4) is 0 Å². The molecule has 106 valence electrons. The second kappa shape index (κ2) is 5.76. The summed E-state index contributed by atoms with van der Waals surface area (Å²) >= 11 is 9.29. The molecule has 0 radical (unpaired) electrons. The molecule has 3 nitrogen and oxygen atoms in total. The largest absolute Gasteiger partial charge is 0.280 e. The fourth-order valence-corrected chi connectivity index (χ4v) is 3.29. The molecule has 0 aromatic heterocycles. The Morgan fingerprint density at radius 2 is 1.75 bits per heavy atom.